The van der Waals surface area contributed by atoms with Crippen molar-refractivity contribution in [2.75, 3.05) is 25.1 Å². The van der Waals surface area contributed by atoms with Gasteiger partial charge in [-0.1, -0.05) is 13.3 Å². The summed E-state index contributed by atoms with van der Waals surface area (Å²) in [4.78, 5) is 4.34. The topological polar surface area (TPSA) is 39.1 Å². The fourth-order valence-corrected chi connectivity index (χ4v) is 1.82. The molecule has 96 valence electrons. The van der Waals surface area contributed by atoms with Gasteiger partial charge in [0.25, 0.3) is 0 Å². The molecule has 1 heterocycles. The minimum Gasteiger partial charge on any atom is -0.381 e. The van der Waals surface area contributed by atoms with Crippen LogP contribution < -0.4 is 5.32 Å². The molecule has 1 saturated carbocycles. The van der Waals surface area contributed by atoms with Crippen LogP contribution in [0.1, 0.15) is 45.1 Å². The van der Waals surface area contributed by atoms with Crippen molar-refractivity contribution < 1.29 is 4.74 Å². The van der Waals surface area contributed by atoms with Gasteiger partial charge in [0.2, 0.25) is 5.95 Å². The number of anilines is 1. The summed E-state index contributed by atoms with van der Waals surface area (Å²) in [6, 6.07) is 0.695. The Hall–Kier alpha value is -1.03. The molecule has 1 N–H and O–H groups in total. The first-order chi connectivity index (χ1) is 8.42. The highest BCUT2D eigenvalue weighted by Crippen LogP contribution is 2.36. The fraction of sp³-hybridized carbons (Fsp3) is 0.769. The van der Waals surface area contributed by atoms with Crippen molar-refractivity contribution in [1.82, 2.24) is 9.55 Å². The van der Waals surface area contributed by atoms with Gasteiger partial charge in [-0.25, -0.2) is 4.98 Å². The maximum atomic E-state index is 5.52. The van der Waals surface area contributed by atoms with Crippen LogP contribution in [0.15, 0.2) is 12.4 Å². The lowest BCUT2D eigenvalue weighted by Crippen LogP contribution is -2.10. The Balaban J connectivity index is 1.56. The largest absolute Gasteiger partial charge is 0.381 e. The summed E-state index contributed by atoms with van der Waals surface area (Å²) in [5.41, 5.74) is 0. The summed E-state index contributed by atoms with van der Waals surface area (Å²) in [5, 5.41) is 3.38. The lowest BCUT2D eigenvalue weighted by atomic mass is 10.4. The standard InChI is InChI=1S/C13H23N3O/c1-2-3-10-17-11-4-7-14-13-15-8-9-16(13)12-5-6-12/h8-9,12H,2-7,10-11H2,1H3,(H,14,15). The van der Waals surface area contributed by atoms with Crippen molar-refractivity contribution in [3.05, 3.63) is 12.4 Å². The van der Waals surface area contributed by atoms with E-state index in [1.165, 1.54) is 25.7 Å². The van der Waals surface area contributed by atoms with E-state index in [-0.39, 0.29) is 0 Å². The fourth-order valence-electron chi connectivity index (χ4n) is 1.82. The molecule has 1 aromatic rings. The van der Waals surface area contributed by atoms with Gasteiger partial charge in [0.15, 0.2) is 0 Å². The van der Waals surface area contributed by atoms with Crippen molar-refractivity contribution in [3.8, 4) is 0 Å². The van der Waals surface area contributed by atoms with Crippen LogP contribution in [0.2, 0.25) is 0 Å². The highest BCUT2D eigenvalue weighted by atomic mass is 16.5. The molecule has 4 heteroatoms. The van der Waals surface area contributed by atoms with Crippen molar-refractivity contribution in [1.29, 1.82) is 0 Å². The molecule has 0 radical (unpaired) electrons. The summed E-state index contributed by atoms with van der Waals surface area (Å²) < 4.78 is 7.76. The predicted molar refractivity (Wildman–Crippen MR) is 69.3 cm³/mol. The minimum atomic E-state index is 0.695. The van der Waals surface area contributed by atoms with E-state index in [2.05, 4.69) is 28.0 Å². The molecular weight excluding hydrogens is 214 g/mol. The first-order valence-electron chi connectivity index (χ1n) is 6.76. The van der Waals surface area contributed by atoms with Crippen LogP contribution in [-0.2, 0) is 4.74 Å². The van der Waals surface area contributed by atoms with Crippen molar-refractivity contribution in [2.45, 2.75) is 45.1 Å². The van der Waals surface area contributed by atoms with Crippen LogP contribution in [0.25, 0.3) is 0 Å². The Labute approximate surface area is 103 Å². The van der Waals surface area contributed by atoms with E-state index >= 15 is 0 Å². The molecule has 0 bridgehead atoms. The van der Waals surface area contributed by atoms with E-state index in [4.69, 9.17) is 4.74 Å². The summed E-state index contributed by atoms with van der Waals surface area (Å²) in [6.45, 7) is 4.86. The summed E-state index contributed by atoms with van der Waals surface area (Å²) >= 11 is 0. The predicted octanol–water partition coefficient (Wildman–Crippen LogP) is 2.84. The maximum Gasteiger partial charge on any atom is 0.203 e. The molecule has 0 amide bonds. The van der Waals surface area contributed by atoms with Crippen molar-refractivity contribution >= 4 is 5.95 Å². The Morgan fingerprint density at radius 3 is 3.00 bits per heavy atom. The number of hydrogen-bond donors (Lipinski definition) is 1. The molecule has 1 aromatic heterocycles. The Bertz CT molecular complexity index is 320. The Kier molecular flexibility index (Phi) is 4.86. The molecule has 17 heavy (non-hydrogen) atoms. The minimum absolute atomic E-state index is 0.695. The van der Waals surface area contributed by atoms with Crippen LogP contribution in [0, 0.1) is 0 Å². The van der Waals surface area contributed by atoms with Gasteiger partial charge in [0, 0.05) is 38.2 Å². The second-order valence-electron chi connectivity index (χ2n) is 4.64. The summed E-state index contributed by atoms with van der Waals surface area (Å²) in [6.07, 6.45) is 9.95. The highest BCUT2D eigenvalue weighted by molar-refractivity contribution is 5.27. The van der Waals surface area contributed by atoms with Gasteiger partial charge in [0.1, 0.15) is 0 Å². The zero-order chi connectivity index (χ0) is 11.9. The number of nitrogens with one attached hydrogen (secondary N) is 1. The van der Waals surface area contributed by atoms with Gasteiger partial charge in [-0.05, 0) is 25.7 Å². The highest BCUT2D eigenvalue weighted by Gasteiger charge is 2.25. The quantitative estimate of drug-likeness (QED) is 0.671. The Morgan fingerprint density at radius 1 is 1.41 bits per heavy atom. The van der Waals surface area contributed by atoms with Crippen LogP contribution >= 0.6 is 0 Å². The monoisotopic (exact) mass is 237 g/mol. The molecule has 0 spiro atoms. The number of ether oxygens (including phenoxy) is 1. The average Bonchev–Trinajstić information content (AvgIpc) is 3.08. The molecule has 0 unspecified atom stereocenters. The molecule has 4 nitrogen and oxygen atoms in total. The molecule has 1 aliphatic carbocycles. The molecule has 0 saturated heterocycles. The average molecular weight is 237 g/mol. The van der Waals surface area contributed by atoms with Gasteiger partial charge in [-0.2, -0.15) is 0 Å². The van der Waals surface area contributed by atoms with Crippen molar-refractivity contribution in [3.63, 3.8) is 0 Å². The molecule has 0 atom stereocenters. The van der Waals surface area contributed by atoms with E-state index < -0.39 is 0 Å². The first kappa shape index (κ1) is 12.4. The molecule has 2 rings (SSSR count). The third kappa shape index (κ3) is 4.04. The van der Waals surface area contributed by atoms with E-state index in [0.717, 1.165) is 32.1 Å². The molecule has 1 aliphatic rings. The number of rotatable bonds is 9. The molecular formula is C13H23N3O. The van der Waals surface area contributed by atoms with Crippen LogP contribution in [0.4, 0.5) is 5.95 Å². The third-order valence-corrected chi connectivity index (χ3v) is 3.00. The van der Waals surface area contributed by atoms with Crippen LogP contribution in [0.3, 0.4) is 0 Å². The zero-order valence-corrected chi connectivity index (χ0v) is 10.7. The second kappa shape index (κ2) is 6.64. The van der Waals surface area contributed by atoms with Gasteiger partial charge in [-0.15, -0.1) is 0 Å². The summed E-state index contributed by atoms with van der Waals surface area (Å²) in [7, 11) is 0. The molecule has 1 fully saturated rings. The number of hydrogen-bond acceptors (Lipinski definition) is 3. The van der Waals surface area contributed by atoms with E-state index in [1.807, 2.05) is 6.20 Å². The van der Waals surface area contributed by atoms with E-state index in [0.29, 0.717) is 6.04 Å². The first-order valence-corrected chi connectivity index (χ1v) is 6.76. The number of imidazole rings is 1. The van der Waals surface area contributed by atoms with Gasteiger partial charge < -0.3 is 14.6 Å². The molecule has 0 aliphatic heterocycles. The lowest BCUT2D eigenvalue weighted by molar-refractivity contribution is 0.131. The van der Waals surface area contributed by atoms with Gasteiger partial charge >= 0.3 is 0 Å². The maximum absolute atomic E-state index is 5.52. The summed E-state index contributed by atoms with van der Waals surface area (Å²) in [5.74, 6) is 1.01. The van der Waals surface area contributed by atoms with E-state index in [9.17, 15) is 0 Å². The Morgan fingerprint density at radius 2 is 2.24 bits per heavy atom. The van der Waals surface area contributed by atoms with Gasteiger partial charge in [-0.3, -0.25) is 0 Å². The van der Waals surface area contributed by atoms with Gasteiger partial charge in [0.05, 0.1) is 0 Å². The normalized spacial score (nSPS) is 15.1. The molecule has 0 aromatic carbocycles. The SMILES string of the molecule is CCCCOCCCNc1nccn1C1CC1. The van der Waals surface area contributed by atoms with E-state index in [1.54, 1.807) is 0 Å². The second-order valence-corrected chi connectivity index (χ2v) is 4.64. The number of nitrogens with zero attached hydrogens (tertiary/aromatic N) is 2. The lowest BCUT2D eigenvalue weighted by Gasteiger charge is -2.08. The number of unbranched alkanes of at least 4 members (excludes halogenated alkanes) is 1. The van der Waals surface area contributed by atoms with Crippen LogP contribution in [-0.4, -0.2) is 29.3 Å². The smallest absolute Gasteiger partial charge is 0.203 e. The number of aromatic nitrogens is 2. The van der Waals surface area contributed by atoms with Crippen LogP contribution in [0.5, 0.6) is 0 Å². The van der Waals surface area contributed by atoms with Crippen molar-refractivity contribution in [2.24, 2.45) is 0 Å². The zero-order valence-electron chi connectivity index (χ0n) is 10.7. The third-order valence-electron chi connectivity index (χ3n) is 3.00.